The van der Waals surface area contributed by atoms with Gasteiger partial charge in [-0.2, -0.15) is 0 Å². The van der Waals surface area contributed by atoms with Crippen molar-refractivity contribution in [3.8, 4) is 5.13 Å². The predicted molar refractivity (Wildman–Crippen MR) is 91.6 cm³/mol. The number of para-hydroxylation sites is 1. The molecular weight excluding hydrogens is 326 g/mol. The van der Waals surface area contributed by atoms with E-state index in [9.17, 15) is 9.59 Å². The lowest BCUT2D eigenvalue weighted by Gasteiger charge is -2.08. The van der Waals surface area contributed by atoms with Gasteiger partial charge in [-0.05, 0) is 24.3 Å². The number of aromatic nitrogens is 2. The van der Waals surface area contributed by atoms with Crippen LogP contribution in [0.15, 0.2) is 54.2 Å². The van der Waals surface area contributed by atoms with Gasteiger partial charge in [-0.25, -0.2) is 9.78 Å². The predicted octanol–water partition coefficient (Wildman–Crippen LogP) is 2.90. The number of methoxy groups -OCH3 is 1. The third-order valence-electron chi connectivity index (χ3n) is 3.31. The van der Waals surface area contributed by atoms with Gasteiger partial charge in [-0.3, -0.25) is 4.79 Å². The number of anilines is 1. The highest BCUT2D eigenvalue weighted by atomic mass is 32.1. The molecule has 0 fully saturated rings. The van der Waals surface area contributed by atoms with Gasteiger partial charge in [0, 0.05) is 17.8 Å². The molecule has 0 unspecified atom stereocenters. The highest BCUT2D eigenvalue weighted by Crippen LogP contribution is 2.18. The molecule has 2 aromatic heterocycles. The molecule has 3 rings (SSSR count). The summed E-state index contributed by atoms with van der Waals surface area (Å²) in [6.45, 7) is 0. The molecule has 6 nitrogen and oxygen atoms in total. The molecule has 0 aliphatic carbocycles. The van der Waals surface area contributed by atoms with Gasteiger partial charge in [0.2, 0.25) is 5.91 Å². The molecule has 1 N–H and O–H groups in total. The van der Waals surface area contributed by atoms with Crippen molar-refractivity contribution < 1.29 is 14.3 Å². The summed E-state index contributed by atoms with van der Waals surface area (Å²) < 4.78 is 6.61. The highest BCUT2D eigenvalue weighted by Gasteiger charge is 2.14. The summed E-state index contributed by atoms with van der Waals surface area (Å²) in [6, 6.07) is 10.6. The molecule has 0 aliphatic heterocycles. The smallest absolute Gasteiger partial charge is 0.339 e. The second-order valence-corrected chi connectivity index (χ2v) is 5.81. The Kier molecular flexibility index (Phi) is 4.72. The highest BCUT2D eigenvalue weighted by molar-refractivity contribution is 7.12. The Bertz CT molecular complexity index is 856. The van der Waals surface area contributed by atoms with Crippen LogP contribution in [0.5, 0.6) is 0 Å². The number of amides is 1. The van der Waals surface area contributed by atoms with E-state index in [1.54, 1.807) is 24.3 Å². The van der Waals surface area contributed by atoms with Crippen LogP contribution < -0.4 is 5.32 Å². The summed E-state index contributed by atoms with van der Waals surface area (Å²) in [4.78, 5) is 28.4. The second kappa shape index (κ2) is 7.10. The van der Waals surface area contributed by atoms with Crippen molar-refractivity contribution in [3.63, 3.8) is 0 Å². The Labute approximate surface area is 142 Å². The zero-order valence-corrected chi connectivity index (χ0v) is 13.7. The Hall–Kier alpha value is -2.93. The van der Waals surface area contributed by atoms with Crippen molar-refractivity contribution in [2.45, 2.75) is 6.42 Å². The van der Waals surface area contributed by atoms with Crippen LogP contribution in [0.2, 0.25) is 0 Å². The number of hydrogen-bond donors (Lipinski definition) is 1. The third-order valence-corrected chi connectivity index (χ3v) is 4.22. The second-order valence-electron chi connectivity index (χ2n) is 4.97. The molecule has 24 heavy (non-hydrogen) atoms. The molecule has 3 aromatic rings. The molecule has 2 heterocycles. The zero-order chi connectivity index (χ0) is 16.9. The normalized spacial score (nSPS) is 10.4. The summed E-state index contributed by atoms with van der Waals surface area (Å²) in [5, 5.41) is 5.39. The van der Waals surface area contributed by atoms with Gasteiger partial charge in [0.05, 0.1) is 30.5 Å². The van der Waals surface area contributed by atoms with Crippen molar-refractivity contribution in [1.29, 1.82) is 0 Å². The van der Waals surface area contributed by atoms with Gasteiger partial charge in [0.25, 0.3) is 0 Å². The van der Waals surface area contributed by atoms with Crippen molar-refractivity contribution >= 4 is 28.9 Å². The molecule has 0 saturated carbocycles. The first kappa shape index (κ1) is 15.9. The van der Waals surface area contributed by atoms with Crippen LogP contribution in [0.3, 0.4) is 0 Å². The number of benzene rings is 1. The first-order valence-corrected chi connectivity index (χ1v) is 8.10. The molecule has 0 atom stereocenters. The quantitative estimate of drug-likeness (QED) is 0.724. The van der Waals surface area contributed by atoms with E-state index in [1.807, 2.05) is 34.5 Å². The lowest BCUT2D eigenvalue weighted by atomic mass is 10.1. The maximum absolute atomic E-state index is 12.2. The number of nitrogens with one attached hydrogen (secondary N) is 1. The van der Waals surface area contributed by atoms with E-state index in [-0.39, 0.29) is 12.3 Å². The van der Waals surface area contributed by atoms with Crippen molar-refractivity contribution in [2.75, 3.05) is 12.4 Å². The monoisotopic (exact) mass is 341 g/mol. The fourth-order valence-electron chi connectivity index (χ4n) is 2.20. The van der Waals surface area contributed by atoms with Gasteiger partial charge in [0.1, 0.15) is 0 Å². The van der Waals surface area contributed by atoms with Crippen molar-refractivity contribution in [3.05, 3.63) is 65.4 Å². The fourth-order valence-corrected chi connectivity index (χ4v) is 2.99. The topological polar surface area (TPSA) is 73.2 Å². The van der Waals surface area contributed by atoms with Crippen molar-refractivity contribution in [1.82, 2.24) is 9.55 Å². The zero-order valence-electron chi connectivity index (χ0n) is 12.9. The lowest BCUT2D eigenvalue weighted by Crippen LogP contribution is -2.17. The largest absolute Gasteiger partial charge is 0.465 e. The summed E-state index contributed by atoms with van der Waals surface area (Å²) in [5.74, 6) is -0.731. The molecule has 0 saturated heterocycles. The van der Waals surface area contributed by atoms with Gasteiger partial charge in [-0.1, -0.05) is 12.1 Å². The summed E-state index contributed by atoms with van der Waals surface area (Å²) in [7, 11) is 1.30. The summed E-state index contributed by atoms with van der Waals surface area (Å²) in [5.41, 5.74) is 1.42. The van der Waals surface area contributed by atoms with Crippen LogP contribution in [0.1, 0.15) is 16.1 Å². The summed E-state index contributed by atoms with van der Waals surface area (Å²) >= 11 is 1.46. The minimum Gasteiger partial charge on any atom is -0.465 e. The van der Waals surface area contributed by atoms with Crippen LogP contribution in [-0.4, -0.2) is 28.5 Å². The van der Waals surface area contributed by atoms with Gasteiger partial charge in [-0.15, -0.1) is 11.3 Å². The molecule has 122 valence electrons. The average Bonchev–Trinajstić information content (AvgIpc) is 3.25. The molecule has 0 aliphatic rings. The Morgan fingerprint density at radius 3 is 2.71 bits per heavy atom. The van der Waals surface area contributed by atoms with E-state index in [2.05, 4.69) is 10.3 Å². The van der Waals surface area contributed by atoms with Crippen LogP contribution in [0, 0.1) is 0 Å². The number of ether oxygens (including phenoxy) is 1. The molecule has 0 bridgehead atoms. The standard InChI is InChI=1S/C17H15N3O3S/c1-23-16(22)13-6-2-3-7-14(13)19-15(21)10-12-11-24-17(18-12)20-8-4-5-9-20/h2-9,11H,10H2,1H3,(H,19,21). The number of nitrogens with zero attached hydrogens (tertiary/aromatic N) is 2. The molecule has 1 aromatic carbocycles. The van der Waals surface area contributed by atoms with Crippen molar-refractivity contribution in [2.24, 2.45) is 0 Å². The van der Waals surface area contributed by atoms with Crippen LogP contribution in [-0.2, 0) is 16.0 Å². The van der Waals surface area contributed by atoms with Gasteiger partial charge < -0.3 is 14.6 Å². The van der Waals surface area contributed by atoms with Crippen LogP contribution in [0.25, 0.3) is 5.13 Å². The number of rotatable bonds is 5. The van der Waals surface area contributed by atoms with Crippen LogP contribution >= 0.6 is 11.3 Å². The Morgan fingerprint density at radius 2 is 1.96 bits per heavy atom. The molecule has 0 radical (unpaired) electrons. The number of carbonyl (C=O) groups excluding carboxylic acids is 2. The molecule has 7 heteroatoms. The lowest BCUT2D eigenvalue weighted by molar-refractivity contribution is -0.115. The minimum absolute atomic E-state index is 0.132. The van der Waals surface area contributed by atoms with E-state index >= 15 is 0 Å². The SMILES string of the molecule is COC(=O)c1ccccc1NC(=O)Cc1csc(-n2cccc2)n1. The molecular formula is C17H15N3O3S. The first-order valence-electron chi connectivity index (χ1n) is 7.22. The van der Waals surface area contributed by atoms with E-state index < -0.39 is 5.97 Å². The maximum atomic E-state index is 12.2. The number of carbonyl (C=O) groups is 2. The number of esters is 1. The van der Waals surface area contributed by atoms with Gasteiger partial charge >= 0.3 is 5.97 Å². The van der Waals surface area contributed by atoms with Crippen LogP contribution in [0.4, 0.5) is 5.69 Å². The number of thiazole rings is 1. The molecule has 1 amide bonds. The van der Waals surface area contributed by atoms with E-state index in [4.69, 9.17) is 4.74 Å². The maximum Gasteiger partial charge on any atom is 0.339 e. The Morgan fingerprint density at radius 1 is 1.21 bits per heavy atom. The third kappa shape index (κ3) is 3.52. The molecule has 0 spiro atoms. The average molecular weight is 341 g/mol. The Balaban J connectivity index is 1.70. The minimum atomic E-state index is -0.491. The van der Waals surface area contributed by atoms with E-state index in [0.717, 1.165) is 5.13 Å². The van der Waals surface area contributed by atoms with Gasteiger partial charge in [0.15, 0.2) is 5.13 Å². The van der Waals surface area contributed by atoms with E-state index in [1.165, 1.54) is 18.4 Å². The first-order chi connectivity index (χ1) is 11.7. The summed E-state index contributed by atoms with van der Waals surface area (Å²) in [6.07, 6.45) is 3.93. The van der Waals surface area contributed by atoms with E-state index in [0.29, 0.717) is 16.9 Å². The fraction of sp³-hybridized carbons (Fsp3) is 0.118. The number of hydrogen-bond acceptors (Lipinski definition) is 5.